The molecule has 0 heterocycles. The van der Waals surface area contributed by atoms with E-state index in [1.54, 1.807) is 0 Å². The number of hydrogen-bond donors (Lipinski definition) is 0. The van der Waals surface area contributed by atoms with E-state index in [1.807, 2.05) is 0 Å². The zero-order valence-electron chi connectivity index (χ0n) is 8.12. The van der Waals surface area contributed by atoms with Crippen molar-refractivity contribution in [2.45, 2.75) is 39.4 Å². The summed E-state index contributed by atoms with van der Waals surface area (Å²) in [6.07, 6.45) is 2.21. The SMILES string of the molecule is C=S(C)C(C)(C)C(C)(C)C. The van der Waals surface area contributed by atoms with Crippen LogP contribution in [0.4, 0.5) is 0 Å². The van der Waals surface area contributed by atoms with Gasteiger partial charge in [0.25, 0.3) is 0 Å². The molecule has 0 bridgehead atoms. The summed E-state index contributed by atoms with van der Waals surface area (Å²) in [5.74, 6) is 4.10. The second-order valence-corrected chi connectivity index (χ2v) is 6.69. The lowest BCUT2D eigenvalue weighted by Gasteiger charge is -2.40. The van der Waals surface area contributed by atoms with Crippen molar-refractivity contribution in [2.75, 3.05) is 6.26 Å². The summed E-state index contributed by atoms with van der Waals surface area (Å²) in [6.45, 7) is 11.4. The molecule has 62 valence electrons. The average molecular weight is 160 g/mol. The van der Waals surface area contributed by atoms with E-state index in [0.29, 0.717) is 10.2 Å². The van der Waals surface area contributed by atoms with Gasteiger partial charge in [-0.2, -0.15) is 10.5 Å². The Morgan fingerprint density at radius 3 is 1.30 bits per heavy atom. The Morgan fingerprint density at radius 1 is 1.00 bits per heavy atom. The van der Waals surface area contributed by atoms with Crippen LogP contribution in [0, 0.1) is 5.41 Å². The minimum Gasteiger partial charge on any atom is -0.190 e. The van der Waals surface area contributed by atoms with Crippen LogP contribution in [0.25, 0.3) is 0 Å². The maximum atomic E-state index is 4.10. The summed E-state index contributed by atoms with van der Waals surface area (Å²) in [7, 11) is 0.255. The summed E-state index contributed by atoms with van der Waals surface area (Å²) in [5.41, 5.74) is 0.368. The molecule has 0 amide bonds. The third kappa shape index (κ3) is 1.85. The number of rotatable bonds is 1. The highest BCUT2D eigenvalue weighted by molar-refractivity contribution is 8.14. The van der Waals surface area contributed by atoms with Crippen molar-refractivity contribution >= 4 is 16.4 Å². The highest BCUT2D eigenvalue weighted by atomic mass is 32.2. The minimum absolute atomic E-state index is 0.255. The highest BCUT2D eigenvalue weighted by Gasteiger charge is 2.32. The summed E-state index contributed by atoms with van der Waals surface area (Å²) in [6, 6.07) is 0. The lowest BCUT2D eigenvalue weighted by molar-refractivity contribution is 0.320. The van der Waals surface area contributed by atoms with E-state index in [4.69, 9.17) is 0 Å². The maximum Gasteiger partial charge on any atom is 0.00940 e. The molecule has 0 aliphatic carbocycles. The molecule has 0 saturated carbocycles. The Labute approximate surface area is 68.0 Å². The van der Waals surface area contributed by atoms with Gasteiger partial charge in [0.1, 0.15) is 0 Å². The first-order chi connectivity index (χ1) is 4.19. The fraction of sp³-hybridized carbons (Fsp3) is 0.889. The lowest BCUT2D eigenvalue weighted by atomic mass is 9.83. The van der Waals surface area contributed by atoms with Gasteiger partial charge in [0.15, 0.2) is 0 Å². The van der Waals surface area contributed by atoms with Crippen LogP contribution in [0.2, 0.25) is 0 Å². The molecule has 1 heteroatoms. The van der Waals surface area contributed by atoms with Crippen LogP contribution in [-0.4, -0.2) is 16.9 Å². The molecule has 0 aromatic carbocycles. The van der Waals surface area contributed by atoms with E-state index in [0.717, 1.165) is 0 Å². The van der Waals surface area contributed by atoms with Gasteiger partial charge in [0.05, 0.1) is 0 Å². The number of hydrogen-bond acceptors (Lipinski definition) is 0. The Bertz CT molecular complexity index is 137. The third-order valence-corrected chi connectivity index (χ3v) is 5.03. The van der Waals surface area contributed by atoms with Crippen molar-refractivity contribution in [1.82, 2.24) is 0 Å². The molecule has 0 radical (unpaired) electrons. The van der Waals surface area contributed by atoms with Crippen molar-refractivity contribution in [1.29, 1.82) is 0 Å². The molecule has 0 aromatic heterocycles. The van der Waals surface area contributed by atoms with Gasteiger partial charge >= 0.3 is 0 Å². The molecule has 10 heavy (non-hydrogen) atoms. The Balaban J connectivity index is 4.57. The molecule has 0 fully saturated rings. The molecule has 0 rings (SSSR count). The van der Waals surface area contributed by atoms with Crippen molar-refractivity contribution in [3.8, 4) is 0 Å². The van der Waals surface area contributed by atoms with Gasteiger partial charge in [0.2, 0.25) is 0 Å². The second-order valence-electron chi connectivity index (χ2n) is 4.40. The van der Waals surface area contributed by atoms with Crippen molar-refractivity contribution in [3.63, 3.8) is 0 Å². The predicted octanol–water partition coefficient (Wildman–Crippen LogP) is 3.14. The lowest BCUT2D eigenvalue weighted by Crippen LogP contribution is -2.34. The average Bonchev–Trinajstić information content (AvgIpc) is 1.62. The molecule has 1 unspecified atom stereocenters. The normalized spacial score (nSPS) is 17.0. The maximum absolute atomic E-state index is 4.10. The summed E-state index contributed by atoms with van der Waals surface area (Å²) in [4.78, 5) is 0. The Hall–Kier alpha value is 0.220. The van der Waals surface area contributed by atoms with Gasteiger partial charge in [-0.3, -0.25) is 0 Å². The molecular formula is C9H20S. The monoisotopic (exact) mass is 160 g/mol. The zero-order valence-corrected chi connectivity index (χ0v) is 8.93. The van der Waals surface area contributed by atoms with Gasteiger partial charge in [0, 0.05) is 4.75 Å². The van der Waals surface area contributed by atoms with E-state index < -0.39 is 0 Å². The summed E-state index contributed by atoms with van der Waals surface area (Å²) < 4.78 is 0.354. The summed E-state index contributed by atoms with van der Waals surface area (Å²) in [5, 5.41) is 0. The van der Waals surface area contributed by atoms with E-state index in [-0.39, 0.29) is 10.5 Å². The molecule has 0 N–H and O–H groups in total. The fourth-order valence-corrected chi connectivity index (χ4v) is 1.57. The molecule has 0 saturated heterocycles. The van der Waals surface area contributed by atoms with E-state index in [1.165, 1.54) is 0 Å². The first-order valence-corrected chi connectivity index (χ1v) is 5.45. The van der Waals surface area contributed by atoms with Crippen LogP contribution in [0.15, 0.2) is 0 Å². The Kier molecular flexibility index (Phi) is 2.75. The summed E-state index contributed by atoms with van der Waals surface area (Å²) >= 11 is 0. The van der Waals surface area contributed by atoms with E-state index in [2.05, 4.69) is 46.7 Å². The van der Waals surface area contributed by atoms with Crippen LogP contribution in [0.5, 0.6) is 0 Å². The standard InChI is InChI=1S/C9H20S/c1-8(2,3)9(4,5)10(6)7/h6H2,1-5,7H3. The van der Waals surface area contributed by atoms with Crippen molar-refractivity contribution < 1.29 is 0 Å². The molecular weight excluding hydrogens is 140 g/mol. The van der Waals surface area contributed by atoms with E-state index in [9.17, 15) is 0 Å². The highest BCUT2D eigenvalue weighted by Crippen LogP contribution is 2.42. The zero-order chi connectivity index (χ0) is 8.58. The van der Waals surface area contributed by atoms with Gasteiger partial charge in [-0.25, -0.2) is 0 Å². The van der Waals surface area contributed by atoms with Crippen LogP contribution >= 0.6 is 10.5 Å². The second kappa shape index (κ2) is 2.69. The quantitative estimate of drug-likeness (QED) is 0.517. The molecule has 0 aromatic rings. The van der Waals surface area contributed by atoms with Crippen molar-refractivity contribution in [3.05, 3.63) is 0 Å². The molecule has 1 atom stereocenters. The Morgan fingerprint density at radius 2 is 1.30 bits per heavy atom. The van der Waals surface area contributed by atoms with Crippen LogP contribution in [0.1, 0.15) is 34.6 Å². The topological polar surface area (TPSA) is 0 Å². The molecule has 0 aliphatic rings. The minimum atomic E-state index is 0.255. The van der Waals surface area contributed by atoms with Crippen LogP contribution in [-0.2, 0) is 0 Å². The third-order valence-electron chi connectivity index (χ3n) is 2.68. The van der Waals surface area contributed by atoms with Gasteiger partial charge in [-0.1, -0.05) is 40.5 Å². The molecule has 0 aliphatic heterocycles. The fourth-order valence-electron chi connectivity index (χ4n) is 0.523. The smallest absolute Gasteiger partial charge is 0.00940 e. The largest absolute Gasteiger partial charge is 0.190 e. The first-order valence-electron chi connectivity index (χ1n) is 3.65. The van der Waals surface area contributed by atoms with Crippen LogP contribution < -0.4 is 0 Å². The van der Waals surface area contributed by atoms with E-state index >= 15 is 0 Å². The first kappa shape index (κ1) is 10.2. The predicted molar refractivity (Wildman–Crippen MR) is 54.2 cm³/mol. The molecule has 0 nitrogen and oxygen atoms in total. The molecule has 0 spiro atoms. The van der Waals surface area contributed by atoms with Crippen molar-refractivity contribution in [2.24, 2.45) is 5.41 Å². The van der Waals surface area contributed by atoms with Gasteiger partial charge in [-0.15, -0.1) is 0 Å². The van der Waals surface area contributed by atoms with Gasteiger partial charge in [-0.05, 0) is 11.7 Å². The van der Waals surface area contributed by atoms with Crippen LogP contribution in [0.3, 0.4) is 0 Å². The van der Waals surface area contributed by atoms with Gasteiger partial charge < -0.3 is 0 Å².